The average molecular weight is 249 g/mol. The number of hydrogen-bond donors (Lipinski definition) is 2. The van der Waals surface area contributed by atoms with Crippen LogP contribution in [-0.2, 0) is 17.9 Å². The first-order valence-electron chi connectivity index (χ1n) is 5.32. The number of aromatic nitrogens is 3. The lowest BCUT2D eigenvalue weighted by Gasteiger charge is -2.05. The van der Waals surface area contributed by atoms with Crippen molar-refractivity contribution in [2.45, 2.75) is 13.1 Å². The number of amides is 1. The SMILES string of the molecule is NCc1cn(CC(=O)Nc2ccccc2F)nn1. The summed E-state index contributed by atoms with van der Waals surface area (Å²) in [6.45, 7) is 0.219. The van der Waals surface area contributed by atoms with Crippen molar-refractivity contribution in [3.8, 4) is 0 Å². The lowest BCUT2D eigenvalue weighted by atomic mass is 10.3. The van der Waals surface area contributed by atoms with E-state index >= 15 is 0 Å². The zero-order valence-electron chi connectivity index (χ0n) is 9.51. The Morgan fingerprint density at radius 3 is 2.89 bits per heavy atom. The van der Waals surface area contributed by atoms with E-state index in [1.807, 2.05) is 0 Å². The van der Waals surface area contributed by atoms with Crippen molar-refractivity contribution in [3.05, 3.63) is 42.0 Å². The van der Waals surface area contributed by atoms with Gasteiger partial charge in [-0.3, -0.25) is 4.79 Å². The Morgan fingerprint density at radius 2 is 2.22 bits per heavy atom. The maximum Gasteiger partial charge on any atom is 0.246 e. The van der Waals surface area contributed by atoms with Crippen LogP contribution in [-0.4, -0.2) is 20.9 Å². The van der Waals surface area contributed by atoms with Gasteiger partial charge in [-0.05, 0) is 12.1 Å². The van der Waals surface area contributed by atoms with Crippen molar-refractivity contribution in [1.29, 1.82) is 0 Å². The largest absolute Gasteiger partial charge is 0.325 e. The van der Waals surface area contributed by atoms with Crippen LogP contribution in [0.15, 0.2) is 30.5 Å². The summed E-state index contributed by atoms with van der Waals surface area (Å²) in [4.78, 5) is 11.6. The number of nitrogens with one attached hydrogen (secondary N) is 1. The third-order valence-corrected chi connectivity index (χ3v) is 2.25. The molecule has 6 nitrogen and oxygen atoms in total. The van der Waals surface area contributed by atoms with Gasteiger partial charge in [-0.2, -0.15) is 0 Å². The number of halogens is 1. The molecule has 0 aliphatic heterocycles. The fraction of sp³-hybridized carbons (Fsp3) is 0.182. The Hall–Kier alpha value is -2.28. The van der Waals surface area contributed by atoms with Gasteiger partial charge in [-0.25, -0.2) is 9.07 Å². The minimum Gasteiger partial charge on any atom is -0.325 e. The van der Waals surface area contributed by atoms with E-state index in [4.69, 9.17) is 5.73 Å². The molecule has 0 aliphatic rings. The number of para-hydroxylation sites is 1. The molecule has 1 aromatic carbocycles. The fourth-order valence-electron chi connectivity index (χ4n) is 1.41. The highest BCUT2D eigenvalue weighted by Crippen LogP contribution is 2.12. The Morgan fingerprint density at radius 1 is 1.44 bits per heavy atom. The van der Waals surface area contributed by atoms with Crippen molar-refractivity contribution in [2.24, 2.45) is 5.73 Å². The maximum atomic E-state index is 13.3. The molecule has 1 heterocycles. The van der Waals surface area contributed by atoms with Gasteiger partial charge in [0.1, 0.15) is 12.4 Å². The average Bonchev–Trinajstić information content (AvgIpc) is 2.80. The second-order valence-corrected chi connectivity index (χ2v) is 3.64. The van der Waals surface area contributed by atoms with Gasteiger partial charge >= 0.3 is 0 Å². The summed E-state index contributed by atoms with van der Waals surface area (Å²) in [6.07, 6.45) is 1.57. The predicted molar refractivity (Wildman–Crippen MR) is 62.9 cm³/mol. The molecule has 7 heteroatoms. The van der Waals surface area contributed by atoms with E-state index in [1.165, 1.54) is 16.8 Å². The van der Waals surface area contributed by atoms with Crippen LogP contribution in [0, 0.1) is 5.82 Å². The van der Waals surface area contributed by atoms with E-state index in [-0.39, 0.29) is 24.7 Å². The molecule has 0 spiro atoms. The van der Waals surface area contributed by atoms with Gasteiger partial charge in [0.2, 0.25) is 5.91 Å². The molecule has 0 unspecified atom stereocenters. The first-order chi connectivity index (χ1) is 8.69. The Balaban J connectivity index is 1.99. The first-order valence-corrected chi connectivity index (χ1v) is 5.32. The van der Waals surface area contributed by atoms with Crippen LogP contribution < -0.4 is 11.1 Å². The number of benzene rings is 1. The molecule has 0 aliphatic carbocycles. The number of anilines is 1. The van der Waals surface area contributed by atoms with Crippen molar-refractivity contribution < 1.29 is 9.18 Å². The lowest BCUT2D eigenvalue weighted by molar-refractivity contribution is -0.116. The van der Waals surface area contributed by atoms with Crippen molar-refractivity contribution in [2.75, 3.05) is 5.32 Å². The number of carbonyl (C=O) groups is 1. The molecule has 0 radical (unpaired) electrons. The Kier molecular flexibility index (Phi) is 3.63. The molecule has 2 rings (SSSR count). The number of carbonyl (C=O) groups excluding carboxylic acids is 1. The third kappa shape index (κ3) is 2.89. The smallest absolute Gasteiger partial charge is 0.246 e. The lowest BCUT2D eigenvalue weighted by Crippen LogP contribution is -2.19. The number of nitrogens with zero attached hydrogens (tertiary/aromatic N) is 3. The normalized spacial score (nSPS) is 10.3. The zero-order valence-corrected chi connectivity index (χ0v) is 9.51. The van der Waals surface area contributed by atoms with Gasteiger partial charge < -0.3 is 11.1 Å². The number of hydrogen-bond acceptors (Lipinski definition) is 4. The van der Waals surface area contributed by atoms with E-state index in [0.29, 0.717) is 5.69 Å². The van der Waals surface area contributed by atoms with E-state index in [9.17, 15) is 9.18 Å². The van der Waals surface area contributed by atoms with Gasteiger partial charge in [-0.1, -0.05) is 17.3 Å². The van der Waals surface area contributed by atoms with Gasteiger partial charge in [0.25, 0.3) is 0 Å². The monoisotopic (exact) mass is 249 g/mol. The molecule has 0 fully saturated rings. The quantitative estimate of drug-likeness (QED) is 0.826. The highest BCUT2D eigenvalue weighted by molar-refractivity contribution is 5.90. The Bertz CT molecular complexity index is 554. The fourth-order valence-corrected chi connectivity index (χ4v) is 1.41. The molecule has 1 amide bonds. The van der Waals surface area contributed by atoms with Crippen LogP contribution >= 0.6 is 0 Å². The van der Waals surface area contributed by atoms with Crippen LogP contribution in [0.4, 0.5) is 10.1 Å². The van der Waals surface area contributed by atoms with Crippen molar-refractivity contribution in [1.82, 2.24) is 15.0 Å². The number of nitrogens with two attached hydrogens (primary N) is 1. The molecule has 18 heavy (non-hydrogen) atoms. The summed E-state index contributed by atoms with van der Waals surface area (Å²) in [5, 5.41) is 9.92. The van der Waals surface area contributed by atoms with Crippen molar-refractivity contribution in [3.63, 3.8) is 0 Å². The standard InChI is InChI=1S/C11H12FN5O/c12-9-3-1-2-4-10(9)14-11(18)7-17-6-8(5-13)15-16-17/h1-4,6H,5,7,13H2,(H,14,18). The van der Waals surface area contributed by atoms with Gasteiger partial charge in [-0.15, -0.1) is 5.10 Å². The summed E-state index contributed by atoms with van der Waals surface area (Å²) >= 11 is 0. The molecule has 0 atom stereocenters. The third-order valence-electron chi connectivity index (χ3n) is 2.25. The minimum atomic E-state index is -0.480. The van der Waals surface area contributed by atoms with Gasteiger partial charge in [0, 0.05) is 6.54 Å². The van der Waals surface area contributed by atoms with Crippen LogP contribution in [0.1, 0.15) is 5.69 Å². The van der Waals surface area contributed by atoms with E-state index in [0.717, 1.165) is 0 Å². The summed E-state index contributed by atoms with van der Waals surface area (Å²) < 4.78 is 14.6. The molecule has 3 N–H and O–H groups in total. The Labute approximate surface area is 103 Å². The molecule has 1 aromatic heterocycles. The van der Waals surface area contributed by atoms with Gasteiger partial charge in [0.15, 0.2) is 0 Å². The van der Waals surface area contributed by atoms with Crippen LogP contribution in [0.3, 0.4) is 0 Å². The van der Waals surface area contributed by atoms with E-state index < -0.39 is 5.82 Å². The summed E-state index contributed by atoms with van der Waals surface area (Å²) in [5.41, 5.74) is 6.10. The summed E-state index contributed by atoms with van der Waals surface area (Å²) in [7, 11) is 0. The summed E-state index contributed by atoms with van der Waals surface area (Å²) in [5.74, 6) is -0.861. The van der Waals surface area contributed by atoms with Gasteiger partial charge in [0.05, 0.1) is 17.6 Å². The highest BCUT2D eigenvalue weighted by Gasteiger charge is 2.08. The molecule has 2 aromatic rings. The molecule has 0 bridgehead atoms. The predicted octanol–water partition coefficient (Wildman–Crippen LogP) is 0.515. The summed E-state index contributed by atoms with van der Waals surface area (Å²) in [6, 6.07) is 5.95. The van der Waals surface area contributed by atoms with E-state index in [1.54, 1.807) is 18.3 Å². The van der Waals surface area contributed by atoms with Crippen LogP contribution in [0.25, 0.3) is 0 Å². The number of rotatable bonds is 4. The highest BCUT2D eigenvalue weighted by atomic mass is 19.1. The zero-order chi connectivity index (χ0) is 13.0. The van der Waals surface area contributed by atoms with Crippen LogP contribution in [0.2, 0.25) is 0 Å². The topological polar surface area (TPSA) is 85.8 Å². The molecule has 0 saturated heterocycles. The molecular weight excluding hydrogens is 237 g/mol. The van der Waals surface area contributed by atoms with E-state index in [2.05, 4.69) is 15.6 Å². The van der Waals surface area contributed by atoms with Crippen LogP contribution in [0.5, 0.6) is 0 Å². The second kappa shape index (κ2) is 5.37. The van der Waals surface area contributed by atoms with Crippen molar-refractivity contribution >= 4 is 11.6 Å². The second-order valence-electron chi connectivity index (χ2n) is 3.64. The first kappa shape index (κ1) is 12.2. The minimum absolute atomic E-state index is 0.0403. The maximum absolute atomic E-state index is 13.3. The molecule has 0 saturated carbocycles. The molecular formula is C11H12FN5O. The molecule has 94 valence electrons.